The summed E-state index contributed by atoms with van der Waals surface area (Å²) in [5, 5.41) is 36.0. The lowest BCUT2D eigenvalue weighted by atomic mass is 10.0. The molecule has 0 aromatic heterocycles. The van der Waals surface area contributed by atoms with Gasteiger partial charge >= 0.3 is 5.97 Å². The lowest BCUT2D eigenvalue weighted by molar-refractivity contribution is 0.0214. The third-order valence-corrected chi connectivity index (χ3v) is 2.17. The summed E-state index contributed by atoms with van der Waals surface area (Å²) in [6.45, 7) is 0. The second-order valence-corrected chi connectivity index (χ2v) is 3.45. The van der Waals surface area contributed by atoms with Gasteiger partial charge in [-0.05, 0) is 23.8 Å². The Morgan fingerprint density at radius 3 is 2.59 bits per heavy atom. The van der Waals surface area contributed by atoms with Crippen LogP contribution >= 0.6 is 0 Å². The smallest absolute Gasteiger partial charge is 0.335 e. The summed E-state index contributed by atoms with van der Waals surface area (Å²) in [5.41, 5.74) is -0.409. The fourth-order valence-corrected chi connectivity index (χ4v) is 1.33. The number of nitrogens with zero attached hydrogens (tertiary/aromatic N) is 1. The predicted octanol–water partition coefficient (Wildman–Crippen LogP) is 0.832. The van der Waals surface area contributed by atoms with Crippen LogP contribution in [-0.2, 0) is 0 Å². The molecule has 0 fully saturated rings. The van der Waals surface area contributed by atoms with Gasteiger partial charge in [-0.15, -0.1) is 0 Å². The zero-order chi connectivity index (χ0) is 13.0. The molecule has 3 N–H and O–H groups in total. The molecule has 0 radical (unpaired) electrons. The fourth-order valence-electron chi connectivity index (χ4n) is 1.33. The van der Waals surface area contributed by atoms with Crippen LogP contribution in [0.5, 0.6) is 0 Å². The first kappa shape index (κ1) is 13.1. The molecule has 1 rings (SSSR count). The van der Waals surface area contributed by atoms with Gasteiger partial charge in [-0.3, -0.25) is 0 Å². The maximum atomic E-state index is 13.1. The van der Waals surface area contributed by atoms with E-state index < -0.39 is 24.0 Å². The van der Waals surface area contributed by atoms with Crippen LogP contribution in [0.4, 0.5) is 4.39 Å². The number of hydrogen-bond acceptors (Lipinski definition) is 4. The average molecular weight is 239 g/mol. The molecule has 0 aliphatic carbocycles. The zero-order valence-corrected chi connectivity index (χ0v) is 8.67. The molecule has 0 saturated carbocycles. The van der Waals surface area contributed by atoms with E-state index in [-0.39, 0.29) is 17.5 Å². The second kappa shape index (κ2) is 5.39. The van der Waals surface area contributed by atoms with Crippen LogP contribution in [0.15, 0.2) is 18.2 Å². The van der Waals surface area contributed by atoms with E-state index in [0.717, 1.165) is 18.2 Å². The van der Waals surface area contributed by atoms with Crippen LogP contribution in [0.3, 0.4) is 0 Å². The van der Waals surface area contributed by atoms with Crippen molar-refractivity contribution in [2.24, 2.45) is 0 Å². The highest BCUT2D eigenvalue weighted by Crippen LogP contribution is 2.21. The number of aliphatic hydroxyl groups is 2. The molecular weight excluding hydrogens is 229 g/mol. The Morgan fingerprint density at radius 1 is 1.41 bits per heavy atom. The van der Waals surface area contributed by atoms with Crippen LogP contribution < -0.4 is 0 Å². The number of carbonyl (C=O) groups is 1. The first-order valence-electron chi connectivity index (χ1n) is 4.72. The Kier molecular flexibility index (Phi) is 4.15. The van der Waals surface area contributed by atoms with Gasteiger partial charge in [-0.2, -0.15) is 5.26 Å². The Hall–Kier alpha value is -1.97. The van der Waals surface area contributed by atoms with Crippen molar-refractivity contribution in [3.8, 4) is 6.07 Å². The number of carboxylic acid groups (broad SMARTS) is 1. The third kappa shape index (κ3) is 3.24. The van der Waals surface area contributed by atoms with Gasteiger partial charge in [0.1, 0.15) is 11.9 Å². The molecule has 0 heterocycles. The van der Waals surface area contributed by atoms with E-state index in [2.05, 4.69) is 0 Å². The molecule has 0 aliphatic heterocycles. The second-order valence-electron chi connectivity index (χ2n) is 3.45. The summed E-state index contributed by atoms with van der Waals surface area (Å²) in [6.07, 6.45) is -3.22. The number of aromatic carboxylic acids is 1. The summed E-state index contributed by atoms with van der Waals surface area (Å²) >= 11 is 0. The first-order valence-corrected chi connectivity index (χ1v) is 4.72. The minimum atomic E-state index is -1.50. The summed E-state index contributed by atoms with van der Waals surface area (Å²) in [7, 11) is 0. The van der Waals surface area contributed by atoms with Crippen molar-refractivity contribution in [2.75, 3.05) is 0 Å². The first-order chi connectivity index (χ1) is 7.95. The topological polar surface area (TPSA) is 102 Å². The van der Waals surface area contributed by atoms with Crippen molar-refractivity contribution < 1.29 is 24.5 Å². The van der Waals surface area contributed by atoms with E-state index in [9.17, 15) is 19.4 Å². The lowest BCUT2D eigenvalue weighted by Gasteiger charge is -2.16. The van der Waals surface area contributed by atoms with Gasteiger partial charge < -0.3 is 15.3 Å². The molecule has 1 aromatic rings. The van der Waals surface area contributed by atoms with Gasteiger partial charge in [-0.1, -0.05) is 0 Å². The molecular formula is C11H10FNO4. The van der Waals surface area contributed by atoms with Gasteiger partial charge in [0.15, 0.2) is 0 Å². The third-order valence-electron chi connectivity index (χ3n) is 2.17. The largest absolute Gasteiger partial charge is 0.478 e. The SMILES string of the molecule is N#CCC(O)C(O)c1cc(F)cc(C(=O)O)c1. The number of benzene rings is 1. The van der Waals surface area contributed by atoms with Crippen molar-refractivity contribution in [1.82, 2.24) is 0 Å². The van der Waals surface area contributed by atoms with Crippen LogP contribution in [0.2, 0.25) is 0 Å². The predicted molar refractivity (Wildman–Crippen MR) is 54.6 cm³/mol. The maximum absolute atomic E-state index is 13.1. The normalized spacial score (nSPS) is 13.8. The van der Waals surface area contributed by atoms with E-state index >= 15 is 0 Å². The molecule has 0 saturated heterocycles. The molecule has 17 heavy (non-hydrogen) atoms. The van der Waals surface area contributed by atoms with Crippen LogP contribution in [0.1, 0.15) is 28.4 Å². The van der Waals surface area contributed by atoms with Gasteiger partial charge in [0.25, 0.3) is 0 Å². The molecule has 0 spiro atoms. The summed E-state index contributed by atoms with van der Waals surface area (Å²) in [5.74, 6) is -2.17. The van der Waals surface area contributed by atoms with Gasteiger partial charge in [0.05, 0.1) is 24.2 Å². The lowest BCUT2D eigenvalue weighted by Crippen LogP contribution is -2.18. The molecule has 90 valence electrons. The fraction of sp³-hybridized carbons (Fsp3) is 0.273. The Labute approximate surface area is 96.4 Å². The Morgan fingerprint density at radius 2 is 2.06 bits per heavy atom. The molecule has 0 aliphatic rings. The number of hydrogen-bond donors (Lipinski definition) is 3. The number of aliphatic hydroxyl groups excluding tert-OH is 2. The minimum Gasteiger partial charge on any atom is -0.478 e. The maximum Gasteiger partial charge on any atom is 0.335 e. The highest BCUT2D eigenvalue weighted by atomic mass is 19.1. The van der Waals surface area contributed by atoms with E-state index in [1.54, 1.807) is 6.07 Å². The zero-order valence-electron chi connectivity index (χ0n) is 8.67. The van der Waals surface area contributed by atoms with Crippen LogP contribution in [0.25, 0.3) is 0 Å². The Balaban J connectivity index is 3.06. The molecule has 2 unspecified atom stereocenters. The average Bonchev–Trinajstić information content (AvgIpc) is 2.27. The summed E-state index contributed by atoms with van der Waals surface area (Å²) < 4.78 is 13.1. The van der Waals surface area contributed by atoms with Crippen molar-refractivity contribution in [3.63, 3.8) is 0 Å². The van der Waals surface area contributed by atoms with Crippen molar-refractivity contribution >= 4 is 5.97 Å². The monoisotopic (exact) mass is 239 g/mol. The number of nitriles is 1. The van der Waals surface area contributed by atoms with Crippen molar-refractivity contribution in [1.29, 1.82) is 5.26 Å². The van der Waals surface area contributed by atoms with Gasteiger partial charge in [0, 0.05) is 0 Å². The van der Waals surface area contributed by atoms with Crippen LogP contribution in [0, 0.1) is 17.1 Å². The van der Waals surface area contributed by atoms with Crippen molar-refractivity contribution in [3.05, 3.63) is 35.1 Å². The minimum absolute atomic E-state index is 0.0786. The number of carboxylic acids is 1. The molecule has 5 nitrogen and oxygen atoms in total. The summed E-state index contributed by atoms with van der Waals surface area (Å²) in [4.78, 5) is 10.7. The van der Waals surface area contributed by atoms with E-state index in [1.807, 2.05) is 0 Å². The standard InChI is InChI=1S/C11H10FNO4/c12-8-4-6(3-7(5-8)11(16)17)10(15)9(14)1-2-13/h3-5,9-10,14-15H,1H2,(H,16,17). The summed E-state index contributed by atoms with van der Waals surface area (Å²) in [6, 6.07) is 4.42. The van der Waals surface area contributed by atoms with E-state index in [4.69, 9.17) is 10.4 Å². The molecule has 0 amide bonds. The van der Waals surface area contributed by atoms with E-state index in [0.29, 0.717) is 0 Å². The quantitative estimate of drug-likeness (QED) is 0.722. The molecule has 0 bridgehead atoms. The van der Waals surface area contributed by atoms with Crippen molar-refractivity contribution in [2.45, 2.75) is 18.6 Å². The molecule has 1 aromatic carbocycles. The molecule has 2 atom stereocenters. The van der Waals surface area contributed by atoms with E-state index in [1.165, 1.54) is 0 Å². The highest BCUT2D eigenvalue weighted by molar-refractivity contribution is 5.87. The number of rotatable bonds is 4. The number of halogens is 1. The van der Waals surface area contributed by atoms with Crippen LogP contribution in [-0.4, -0.2) is 27.4 Å². The van der Waals surface area contributed by atoms with Gasteiger partial charge in [-0.25, -0.2) is 9.18 Å². The highest BCUT2D eigenvalue weighted by Gasteiger charge is 2.20. The Bertz CT molecular complexity index is 469. The van der Waals surface area contributed by atoms with Gasteiger partial charge in [0.2, 0.25) is 0 Å². The molecule has 6 heteroatoms.